The smallest absolute Gasteiger partial charge is 0.262 e. The van der Waals surface area contributed by atoms with Gasteiger partial charge in [-0.2, -0.15) is 0 Å². The van der Waals surface area contributed by atoms with Crippen molar-refractivity contribution >= 4 is 34.2 Å². The Balaban J connectivity index is 1.40. The van der Waals surface area contributed by atoms with Gasteiger partial charge in [0.05, 0.1) is 5.69 Å². The fourth-order valence-electron chi connectivity index (χ4n) is 3.18. The number of aromatic nitrogens is 2. The molecular weight excluding hydrogens is 453 g/mol. The summed E-state index contributed by atoms with van der Waals surface area (Å²) in [5.74, 6) is 1.65. The molecule has 0 radical (unpaired) electrons. The first kappa shape index (κ1) is 18.0. The summed E-state index contributed by atoms with van der Waals surface area (Å²) in [6.45, 7) is 1.01. The van der Waals surface area contributed by atoms with Gasteiger partial charge >= 0.3 is 0 Å². The minimum absolute atomic E-state index is 0.0242. The van der Waals surface area contributed by atoms with Crippen LogP contribution in [0.1, 0.15) is 18.7 Å². The molecule has 0 unspecified atom stereocenters. The molecule has 3 aromatic rings. The summed E-state index contributed by atoms with van der Waals surface area (Å²) < 4.78 is 8.90. The maximum Gasteiger partial charge on any atom is 0.262 e. The third kappa shape index (κ3) is 4.50. The molecule has 5 nitrogen and oxygen atoms in total. The number of carbonyl (C=O) groups is 1. The van der Waals surface area contributed by atoms with Crippen molar-refractivity contribution in [3.05, 3.63) is 64.1 Å². The molecule has 2 aromatic carbocycles. The minimum Gasteiger partial charge on any atom is -0.484 e. The van der Waals surface area contributed by atoms with Gasteiger partial charge in [-0.3, -0.25) is 4.79 Å². The van der Waals surface area contributed by atoms with E-state index in [1.165, 1.54) is 12.8 Å². The lowest BCUT2D eigenvalue weighted by atomic mass is 10.1. The van der Waals surface area contributed by atoms with Crippen LogP contribution in [0.2, 0.25) is 0 Å². The monoisotopic (exact) mass is 473 g/mol. The minimum atomic E-state index is -0.185. The van der Waals surface area contributed by atoms with Crippen LogP contribution in [0.15, 0.2) is 54.7 Å². The summed E-state index contributed by atoms with van der Waals surface area (Å²) in [6.07, 6.45) is 5.55. The van der Waals surface area contributed by atoms with Crippen molar-refractivity contribution in [2.45, 2.75) is 25.8 Å². The number of nitrogens with one attached hydrogen (secondary N) is 1. The molecule has 4 rings (SSSR count). The first-order valence-electron chi connectivity index (χ1n) is 9.02. The SMILES string of the molecule is O=C(COc1ccc(I)cc1)Nc1cccc(-c2cn3c(n2)CCCC3)c1. The highest BCUT2D eigenvalue weighted by Gasteiger charge is 2.13. The van der Waals surface area contributed by atoms with Gasteiger partial charge in [0.25, 0.3) is 5.91 Å². The highest BCUT2D eigenvalue weighted by atomic mass is 127. The molecule has 138 valence electrons. The molecule has 0 atom stereocenters. The number of ether oxygens (including phenoxy) is 1. The van der Waals surface area contributed by atoms with Crippen LogP contribution in [0, 0.1) is 3.57 Å². The molecule has 0 spiro atoms. The van der Waals surface area contributed by atoms with Gasteiger partial charge in [0, 0.05) is 34.0 Å². The molecule has 1 amide bonds. The van der Waals surface area contributed by atoms with E-state index >= 15 is 0 Å². The average molecular weight is 473 g/mol. The molecule has 2 heterocycles. The van der Waals surface area contributed by atoms with Gasteiger partial charge in [0.2, 0.25) is 0 Å². The Hall–Kier alpha value is -2.35. The van der Waals surface area contributed by atoms with E-state index in [-0.39, 0.29) is 12.5 Å². The Bertz CT molecular complexity index is 927. The number of carbonyl (C=O) groups excluding carboxylic acids is 1. The normalized spacial score (nSPS) is 13.1. The number of aryl methyl sites for hydroxylation is 2. The van der Waals surface area contributed by atoms with E-state index in [2.05, 4.69) is 38.7 Å². The van der Waals surface area contributed by atoms with Gasteiger partial charge in [-0.15, -0.1) is 0 Å². The van der Waals surface area contributed by atoms with Crippen molar-refractivity contribution in [1.29, 1.82) is 0 Å². The summed E-state index contributed by atoms with van der Waals surface area (Å²) in [7, 11) is 0. The summed E-state index contributed by atoms with van der Waals surface area (Å²) in [5.41, 5.74) is 2.71. The Morgan fingerprint density at radius 2 is 2.04 bits per heavy atom. The molecule has 1 aliphatic heterocycles. The number of anilines is 1. The van der Waals surface area contributed by atoms with E-state index in [1.807, 2.05) is 48.5 Å². The topological polar surface area (TPSA) is 56.1 Å². The van der Waals surface area contributed by atoms with E-state index in [0.29, 0.717) is 5.75 Å². The Morgan fingerprint density at radius 3 is 2.85 bits per heavy atom. The number of nitrogens with zero attached hydrogens (tertiary/aromatic N) is 2. The molecule has 0 aliphatic carbocycles. The lowest BCUT2D eigenvalue weighted by Gasteiger charge is -2.11. The summed E-state index contributed by atoms with van der Waals surface area (Å²) in [5, 5.41) is 2.90. The summed E-state index contributed by atoms with van der Waals surface area (Å²) in [4.78, 5) is 17.0. The number of benzene rings is 2. The maximum atomic E-state index is 12.2. The van der Waals surface area contributed by atoms with Crippen LogP contribution < -0.4 is 10.1 Å². The number of fused-ring (bicyclic) bond motifs is 1. The first-order valence-corrected chi connectivity index (χ1v) is 10.1. The molecule has 1 aromatic heterocycles. The third-order valence-electron chi connectivity index (χ3n) is 4.53. The van der Waals surface area contributed by atoms with Crippen LogP contribution >= 0.6 is 22.6 Å². The molecule has 0 saturated carbocycles. The van der Waals surface area contributed by atoms with Crippen molar-refractivity contribution in [3.63, 3.8) is 0 Å². The van der Waals surface area contributed by atoms with E-state index in [9.17, 15) is 4.79 Å². The van der Waals surface area contributed by atoms with Crippen LogP contribution in [0.25, 0.3) is 11.3 Å². The van der Waals surface area contributed by atoms with Crippen molar-refractivity contribution in [3.8, 4) is 17.0 Å². The molecule has 6 heteroatoms. The third-order valence-corrected chi connectivity index (χ3v) is 5.25. The highest BCUT2D eigenvalue weighted by molar-refractivity contribution is 14.1. The number of hydrogen-bond donors (Lipinski definition) is 1. The number of amides is 1. The van der Waals surface area contributed by atoms with E-state index in [4.69, 9.17) is 9.72 Å². The van der Waals surface area contributed by atoms with Crippen molar-refractivity contribution in [1.82, 2.24) is 9.55 Å². The molecular formula is C21H20IN3O2. The molecule has 0 fully saturated rings. The second-order valence-corrected chi connectivity index (χ2v) is 7.81. The standard InChI is InChI=1S/C21H20IN3O2/c22-16-7-9-18(10-8-16)27-14-21(26)23-17-5-3-4-15(12-17)19-13-25-11-2-1-6-20(25)24-19/h3-5,7-10,12-13H,1-2,6,11,14H2,(H,23,26). The van der Waals surface area contributed by atoms with Crippen molar-refractivity contribution < 1.29 is 9.53 Å². The van der Waals surface area contributed by atoms with Gasteiger partial charge < -0.3 is 14.6 Å². The van der Waals surface area contributed by atoms with Gasteiger partial charge in [-0.1, -0.05) is 12.1 Å². The summed E-state index contributed by atoms with van der Waals surface area (Å²) >= 11 is 2.23. The van der Waals surface area contributed by atoms with Crippen molar-refractivity contribution in [2.24, 2.45) is 0 Å². The Labute approximate surface area is 171 Å². The maximum absolute atomic E-state index is 12.2. The Morgan fingerprint density at radius 1 is 1.19 bits per heavy atom. The Kier molecular flexibility index (Phi) is 5.42. The van der Waals surface area contributed by atoms with Crippen LogP contribution in [0.5, 0.6) is 5.75 Å². The molecule has 1 aliphatic rings. The number of rotatable bonds is 5. The first-order chi connectivity index (χ1) is 13.2. The summed E-state index contributed by atoms with van der Waals surface area (Å²) in [6, 6.07) is 15.4. The average Bonchev–Trinajstić information content (AvgIpc) is 3.12. The van der Waals surface area contributed by atoms with E-state index < -0.39 is 0 Å². The molecule has 27 heavy (non-hydrogen) atoms. The van der Waals surface area contributed by atoms with Crippen LogP contribution in [-0.2, 0) is 17.8 Å². The zero-order chi connectivity index (χ0) is 18.6. The predicted molar refractivity (Wildman–Crippen MR) is 114 cm³/mol. The zero-order valence-corrected chi connectivity index (χ0v) is 17.0. The van der Waals surface area contributed by atoms with Gasteiger partial charge in [-0.25, -0.2) is 4.98 Å². The number of imidazole rings is 1. The number of hydrogen-bond acceptors (Lipinski definition) is 3. The fraction of sp³-hybridized carbons (Fsp3) is 0.238. The fourth-order valence-corrected chi connectivity index (χ4v) is 3.54. The zero-order valence-electron chi connectivity index (χ0n) is 14.8. The molecule has 1 N–H and O–H groups in total. The van der Waals surface area contributed by atoms with Crippen LogP contribution in [0.3, 0.4) is 0 Å². The van der Waals surface area contributed by atoms with E-state index in [0.717, 1.165) is 39.3 Å². The van der Waals surface area contributed by atoms with Gasteiger partial charge in [0.1, 0.15) is 11.6 Å². The lowest BCUT2D eigenvalue weighted by molar-refractivity contribution is -0.118. The molecule has 0 saturated heterocycles. The second-order valence-electron chi connectivity index (χ2n) is 6.56. The van der Waals surface area contributed by atoms with E-state index in [1.54, 1.807) is 0 Å². The number of halogens is 1. The highest BCUT2D eigenvalue weighted by Crippen LogP contribution is 2.25. The van der Waals surface area contributed by atoms with Crippen LogP contribution in [0.4, 0.5) is 5.69 Å². The lowest BCUT2D eigenvalue weighted by Crippen LogP contribution is -2.20. The predicted octanol–water partition coefficient (Wildman–Crippen LogP) is 4.51. The molecule has 0 bridgehead atoms. The van der Waals surface area contributed by atoms with Gasteiger partial charge in [-0.05, 0) is 71.8 Å². The second kappa shape index (κ2) is 8.12. The quantitative estimate of drug-likeness (QED) is 0.555. The largest absolute Gasteiger partial charge is 0.484 e. The van der Waals surface area contributed by atoms with Crippen molar-refractivity contribution in [2.75, 3.05) is 11.9 Å². The van der Waals surface area contributed by atoms with Crippen LogP contribution in [-0.4, -0.2) is 22.1 Å². The van der Waals surface area contributed by atoms with Gasteiger partial charge in [0.15, 0.2) is 6.61 Å².